The lowest BCUT2D eigenvalue weighted by molar-refractivity contribution is 0.668. The summed E-state index contributed by atoms with van der Waals surface area (Å²) >= 11 is 21.3. The topological polar surface area (TPSA) is 13.1 Å². The molecular formula is C82H49Br5OS2. The second-order valence-corrected chi connectivity index (χ2v) is 28.7. The Bertz CT molecular complexity index is 5720. The quantitative estimate of drug-likeness (QED) is 0.157. The van der Waals surface area contributed by atoms with Crippen LogP contribution in [0.4, 0.5) is 0 Å². The van der Waals surface area contributed by atoms with Gasteiger partial charge in [-0.15, -0.1) is 22.7 Å². The van der Waals surface area contributed by atoms with Gasteiger partial charge in [-0.3, -0.25) is 0 Å². The van der Waals surface area contributed by atoms with Crippen LogP contribution in [0.3, 0.4) is 0 Å². The van der Waals surface area contributed by atoms with E-state index in [0.29, 0.717) is 0 Å². The minimum Gasteiger partial charge on any atom is -0.456 e. The van der Waals surface area contributed by atoms with Gasteiger partial charge < -0.3 is 4.42 Å². The van der Waals surface area contributed by atoms with Crippen LogP contribution in [0.15, 0.2) is 324 Å². The first kappa shape index (κ1) is 58.4. The maximum absolute atomic E-state index is 5.70. The van der Waals surface area contributed by atoms with E-state index in [0.717, 1.165) is 29.1 Å². The zero-order valence-electron chi connectivity index (χ0n) is 47.9. The van der Waals surface area contributed by atoms with E-state index in [4.69, 9.17) is 4.42 Å². The number of para-hydroxylation sites is 1. The van der Waals surface area contributed by atoms with E-state index in [1.807, 2.05) is 53.0 Å². The summed E-state index contributed by atoms with van der Waals surface area (Å²) in [7, 11) is 0. The number of hydrogen-bond acceptors (Lipinski definition) is 3. The van der Waals surface area contributed by atoms with E-state index < -0.39 is 0 Å². The molecule has 3 aromatic heterocycles. The molecule has 0 aliphatic carbocycles. The van der Waals surface area contributed by atoms with Gasteiger partial charge in [0.1, 0.15) is 11.2 Å². The molecule has 19 rings (SSSR count). The lowest BCUT2D eigenvalue weighted by Gasteiger charge is -2.12. The monoisotopic (exact) mass is 1510 g/mol. The minimum atomic E-state index is 0.931. The third-order valence-electron chi connectivity index (χ3n) is 16.6. The number of halogens is 5. The van der Waals surface area contributed by atoms with Crippen LogP contribution in [-0.2, 0) is 0 Å². The van der Waals surface area contributed by atoms with Gasteiger partial charge in [0, 0.05) is 73.5 Å². The van der Waals surface area contributed by atoms with E-state index in [2.05, 4.69) is 347 Å². The number of fused-ring (bicyclic) bond motifs is 15. The Hall–Kier alpha value is -8.02. The number of rotatable bonds is 2. The van der Waals surface area contributed by atoms with Gasteiger partial charge in [0.25, 0.3) is 0 Å². The highest BCUT2D eigenvalue weighted by molar-refractivity contribution is 9.11. The summed E-state index contributed by atoms with van der Waals surface area (Å²) in [6.07, 6.45) is 0. The summed E-state index contributed by atoms with van der Waals surface area (Å²) < 4.78 is 16.7. The van der Waals surface area contributed by atoms with Crippen LogP contribution in [0.1, 0.15) is 0 Å². The fourth-order valence-corrected chi connectivity index (χ4v) is 16.6. The molecule has 0 bridgehead atoms. The number of thiophene rings is 2. The second-order valence-electron chi connectivity index (χ2n) is 22.1. The van der Waals surface area contributed by atoms with Crippen molar-refractivity contribution in [2.24, 2.45) is 0 Å². The molecule has 0 spiro atoms. The van der Waals surface area contributed by atoms with Gasteiger partial charge in [-0.25, -0.2) is 0 Å². The van der Waals surface area contributed by atoms with Gasteiger partial charge in [-0.2, -0.15) is 0 Å². The van der Waals surface area contributed by atoms with Crippen LogP contribution in [0.25, 0.3) is 149 Å². The fourth-order valence-electron chi connectivity index (χ4n) is 12.4. The highest BCUT2D eigenvalue weighted by Gasteiger charge is 2.13. The predicted octanol–water partition coefficient (Wildman–Crippen LogP) is 28.6. The van der Waals surface area contributed by atoms with Crippen molar-refractivity contribution in [1.82, 2.24) is 0 Å². The van der Waals surface area contributed by atoms with Crippen LogP contribution in [-0.4, -0.2) is 0 Å². The normalized spacial score (nSPS) is 11.4. The largest absolute Gasteiger partial charge is 0.456 e. The predicted molar refractivity (Wildman–Crippen MR) is 411 cm³/mol. The van der Waals surface area contributed by atoms with Crippen molar-refractivity contribution in [1.29, 1.82) is 0 Å². The van der Waals surface area contributed by atoms with Crippen molar-refractivity contribution < 1.29 is 4.42 Å². The standard InChI is InChI=1S/C24H15Br.C18H11BrS.C16H9Br.C12H7BrO.C12H7BrS/c25-18-7-5-6-16(14-18)17-12-13-23-21-10-2-1-8-19(21)20-9-3-4-11-22(20)24(23)15-17;19-14-8-5-12(6-9-14)13-7-10-18-16(11-13)15-3-1-2-4-17(15)20-18;17-14-9-7-12-5-4-10-2-1-3-11-6-8-13(14)16(12)15(10)11;2*13-8-5-6-10-9-3-1-2-4-11(9)14-12(10)7-8/h1-15H;1-11H;1-9H;2*1-7H. The Morgan fingerprint density at radius 2 is 0.633 bits per heavy atom. The van der Waals surface area contributed by atoms with E-state index in [1.165, 1.54) is 142 Å². The molecule has 0 saturated carbocycles. The first-order chi connectivity index (χ1) is 44.1. The Kier molecular flexibility index (Phi) is 16.4. The summed E-state index contributed by atoms with van der Waals surface area (Å²) in [4.78, 5) is 0. The molecule has 0 amide bonds. The van der Waals surface area contributed by atoms with E-state index in [9.17, 15) is 0 Å². The maximum Gasteiger partial charge on any atom is 0.136 e. The van der Waals surface area contributed by atoms with Crippen molar-refractivity contribution in [2.75, 3.05) is 0 Å². The lowest BCUT2D eigenvalue weighted by Crippen LogP contribution is -1.85. The van der Waals surface area contributed by atoms with Crippen molar-refractivity contribution in [3.63, 3.8) is 0 Å². The molecule has 0 unspecified atom stereocenters. The Morgan fingerprint density at radius 3 is 1.33 bits per heavy atom. The smallest absolute Gasteiger partial charge is 0.136 e. The number of hydrogen-bond donors (Lipinski definition) is 0. The van der Waals surface area contributed by atoms with Crippen LogP contribution in [0.5, 0.6) is 0 Å². The Morgan fingerprint density at radius 1 is 0.211 bits per heavy atom. The van der Waals surface area contributed by atoms with Crippen LogP contribution in [0.2, 0.25) is 0 Å². The number of furan rings is 1. The van der Waals surface area contributed by atoms with Crippen molar-refractivity contribution in [3.8, 4) is 22.3 Å². The van der Waals surface area contributed by atoms with Gasteiger partial charge in [0.05, 0.1) is 0 Å². The summed E-state index contributed by atoms with van der Waals surface area (Å²) in [5.41, 5.74) is 6.88. The van der Waals surface area contributed by atoms with Crippen LogP contribution < -0.4 is 0 Å². The van der Waals surface area contributed by atoms with Gasteiger partial charge in [-0.05, 0) is 184 Å². The summed E-state index contributed by atoms with van der Waals surface area (Å²) in [6.45, 7) is 0. The molecule has 430 valence electrons. The molecule has 0 saturated heterocycles. The zero-order valence-corrected chi connectivity index (χ0v) is 57.5. The highest BCUT2D eigenvalue weighted by atomic mass is 79.9. The third-order valence-corrected chi connectivity index (χ3v) is 21.6. The van der Waals surface area contributed by atoms with E-state index in [-0.39, 0.29) is 0 Å². The highest BCUT2D eigenvalue weighted by Crippen LogP contribution is 2.41. The van der Waals surface area contributed by atoms with Crippen LogP contribution in [0, 0.1) is 0 Å². The molecule has 19 aromatic rings. The molecule has 0 fully saturated rings. The molecule has 0 radical (unpaired) electrons. The zero-order chi connectivity index (χ0) is 60.8. The molecule has 90 heavy (non-hydrogen) atoms. The minimum absolute atomic E-state index is 0.931. The van der Waals surface area contributed by atoms with E-state index >= 15 is 0 Å². The first-order valence-electron chi connectivity index (χ1n) is 29.4. The Balaban J connectivity index is 0.0000000955. The average Bonchev–Trinajstić information content (AvgIpc) is 1.32. The number of benzene rings is 16. The van der Waals surface area contributed by atoms with Crippen LogP contribution >= 0.6 is 102 Å². The molecule has 8 heteroatoms. The van der Waals surface area contributed by atoms with Crippen molar-refractivity contribution in [3.05, 3.63) is 320 Å². The molecular weight excluding hydrogens is 1460 g/mol. The summed E-state index contributed by atoms with van der Waals surface area (Å²) in [6, 6.07) is 105. The average molecular weight is 1510 g/mol. The van der Waals surface area contributed by atoms with Crippen molar-refractivity contribution in [2.45, 2.75) is 0 Å². The second kappa shape index (κ2) is 25.3. The maximum atomic E-state index is 5.70. The van der Waals surface area contributed by atoms with Gasteiger partial charge in [0.15, 0.2) is 0 Å². The SMILES string of the molecule is Brc1ccc(-c2ccc3sc4ccccc4c3c2)cc1.Brc1ccc2c(c1)oc1ccccc12.Brc1ccc2c(c1)sc1ccccc12.Brc1ccc2ccc3cccc4ccc1c2c34.Brc1cccc(-c2ccc3c4ccccc4c4ccccc4c3c2)c1. The molecule has 0 N–H and O–H groups in total. The van der Waals surface area contributed by atoms with Gasteiger partial charge in [-0.1, -0.05) is 280 Å². The van der Waals surface area contributed by atoms with E-state index in [1.54, 1.807) is 0 Å². The first-order valence-corrected chi connectivity index (χ1v) is 35.0. The van der Waals surface area contributed by atoms with Crippen molar-refractivity contribution >= 4 is 229 Å². The molecule has 0 aliphatic heterocycles. The molecule has 16 aromatic carbocycles. The molecule has 0 atom stereocenters. The van der Waals surface area contributed by atoms with Gasteiger partial charge in [0.2, 0.25) is 0 Å². The molecule has 3 heterocycles. The summed E-state index contributed by atoms with van der Waals surface area (Å²) in [5.74, 6) is 0. The molecule has 0 aliphatic rings. The summed E-state index contributed by atoms with van der Waals surface area (Å²) in [5, 5.41) is 23.7. The lowest BCUT2D eigenvalue weighted by atomic mass is 9.92. The third kappa shape index (κ3) is 11.5. The molecule has 1 nitrogen and oxygen atoms in total. The van der Waals surface area contributed by atoms with Gasteiger partial charge >= 0.3 is 0 Å². The Labute approximate surface area is 569 Å². The fraction of sp³-hybridized carbons (Fsp3) is 0.